The largest absolute Gasteiger partial charge is 0.496 e. The maximum atomic E-state index is 12.2. The van der Waals surface area contributed by atoms with Gasteiger partial charge in [0.25, 0.3) is 5.91 Å². The number of ether oxygens (including phenoxy) is 3. The average molecular weight is 369 g/mol. The van der Waals surface area contributed by atoms with Gasteiger partial charge < -0.3 is 19.1 Å². The van der Waals surface area contributed by atoms with Crippen LogP contribution >= 0.6 is 0 Å². The number of para-hydroxylation sites is 3. The van der Waals surface area contributed by atoms with Crippen LogP contribution < -0.4 is 14.4 Å². The Morgan fingerprint density at radius 2 is 1.85 bits per heavy atom. The number of rotatable bonds is 7. The third-order valence-corrected chi connectivity index (χ3v) is 4.12. The van der Waals surface area contributed by atoms with E-state index in [1.165, 1.54) is 12.0 Å². The summed E-state index contributed by atoms with van der Waals surface area (Å²) in [4.78, 5) is 37.8. The maximum Gasteiger partial charge on any atom is 0.308 e. The lowest BCUT2D eigenvalue weighted by Crippen LogP contribution is -2.40. The number of carbonyl (C=O) groups is 3. The molecule has 1 aliphatic rings. The summed E-state index contributed by atoms with van der Waals surface area (Å²) < 4.78 is 15.5. The fourth-order valence-corrected chi connectivity index (χ4v) is 2.77. The normalized spacial score (nSPS) is 12.8. The second-order valence-electron chi connectivity index (χ2n) is 5.84. The Hall–Kier alpha value is -3.35. The molecule has 0 fully saturated rings. The minimum atomic E-state index is -0.560. The number of esters is 1. The van der Waals surface area contributed by atoms with E-state index in [1.807, 2.05) is 6.07 Å². The summed E-state index contributed by atoms with van der Waals surface area (Å²) in [7, 11) is 1.47. The van der Waals surface area contributed by atoms with E-state index in [0.717, 1.165) is 0 Å². The molecule has 2 aromatic rings. The third-order valence-electron chi connectivity index (χ3n) is 4.12. The zero-order chi connectivity index (χ0) is 19.2. The fourth-order valence-electron chi connectivity index (χ4n) is 2.77. The van der Waals surface area contributed by atoms with Crippen molar-refractivity contribution in [2.75, 3.05) is 31.8 Å². The topological polar surface area (TPSA) is 82.1 Å². The summed E-state index contributed by atoms with van der Waals surface area (Å²) in [6.45, 7) is -0.300. The fraction of sp³-hybridized carbons (Fsp3) is 0.250. The van der Waals surface area contributed by atoms with Gasteiger partial charge in [0.1, 0.15) is 11.5 Å². The Morgan fingerprint density at radius 1 is 1.11 bits per heavy atom. The number of Topliss-reactive ketones (excluding diaryl/α,β-unsaturated/α-hetero) is 1. The van der Waals surface area contributed by atoms with E-state index >= 15 is 0 Å². The second-order valence-corrected chi connectivity index (χ2v) is 5.84. The van der Waals surface area contributed by atoms with E-state index in [9.17, 15) is 14.4 Å². The van der Waals surface area contributed by atoms with Gasteiger partial charge in [-0.15, -0.1) is 0 Å². The highest BCUT2D eigenvalue weighted by Crippen LogP contribution is 2.31. The molecular formula is C20H19NO6. The number of nitrogens with zero attached hydrogens (tertiary/aromatic N) is 1. The maximum absolute atomic E-state index is 12.2. The second kappa shape index (κ2) is 8.35. The predicted molar refractivity (Wildman–Crippen MR) is 97.2 cm³/mol. The standard InChI is InChI=1S/C20H19NO6/c1-25-17-8-4-2-6-14(17)16(22)12-27-20(24)10-11-21-15-7-3-5-9-18(15)26-13-19(21)23/h2-9H,10-13H2,1H3. The number of hydrogen-bond acceptors (Lipinski definition) is 6. The quantitative estimate of drug-likeness (QED) is 0.550. The lowest BCUT2D eigenvalue weighted by molar-refractivity contribution is -0.142. The molecule has 2 aromatic carbocycles. The first-order chi connectivity index (χ1) is 13.1. The molecule has 0 atom stereocenters. The van der Waals surface area contributed by atoms with E-state index in [0.29, 0.717) is 22.7 Å². The number of amides is 1. The number of benzene rings is 2. The molecule has 0 saturated carbocycles. The highest BCUT2D eigenvalue weighted by Gasteiger charge is 2.25. The van der Waals surface area contributed by atoms with Crippen LogP contribution in [0.3, 0.4) is 0 Å². The number of methoxy groups -OCH3 is 1. The van der Waals surface area contributed by atoms with E-state index in [4.69, 9.17) is 14.2 Å². The Kier molecular flexibility index (Phi) is 5.71. The van der Waals surface area contributed by atoms with Crippen LogP contribution in [0.1, 0.15) is 16.8 Å². The van der Waals surface area contributed by atoms with E-state index in [1.54, 1.807) is 42.5 Å². The van der Waals surface area contributed by atoms with Crippen LogP contribution in [0.2, 0.25) is 0 Å². The van der Waals surface area contributed by atoms with Gasteiger partial charge in [-0.25, -0.2) is 0 Å². The lowest BCUT2D eigenvalue weighted by atomic mass is 10.1. The van der Waals surface area contributed by atoms with Crippen molar-refractivity contribution in [1.29, 1.82) is 0 Å². The SMILES string of the molecule is COc1ccccc1C(=O)COC(=O)CCN1C(=O)COc2ccccc21. The highest BCUT2D eigenvalue weighted by atomic mass is 16.5. The summed E-state index contributed by atoms with van der Waals surface area (Å²) in [6.07, 6.45) is -0.0285. The molecule has 1 heterocycles. The minimum Gasteiger partial charge on any atom is -0.496 e. The van der Waals surface area contributed by atoms with Crippen molar-refractivity contribution < 1.29 is 28.6 Å². The molecular weight excluding hydrogens is 350 g/mol. The first-order valence-corrected chi connectivity index (χ1v) is 8.44. The van der Waals surface area contributed by atoms with Gasteiger partial charge in [-0.3, -0.25) is 14.4 Å². The summed E-state index contributed by atoms with van der Waals surface area (Å²) >= 11 is 0. The van der Waals surface area contributed by atoms with Crippen molar-refractivity contribution in [3.63, 3.8) is 0 Å². The highest BCUT2D eigenvalue weighted by molar-refractivity contribution is 6.00. The molecule has 0 aliphatic carbocycles. The molecule has 140 valence electrons. The van der Waals surface area contributed by atoms with Gasteiger partial charge in [0.15, 0.2) is 13.2 Å². The van der Waals surface area contributed by atoms with Crippen molar-refractivity contribution >= 4 is 23.3 Å². The van der Waals surface area contributed by atoms with Crippen LogP contribution in [0.15, 0.2) is 48.5 Å². The monoisotopic (exact) mass is 369 g/mol. The first kappa shape index (κ1) is 18.4. The third kappa shape index (κ3) is 4.25. The molecule has 0 saturated heterocycles. The van der Waals surface area contributed by atoms with Crippen molar-refractivity contribution in [1.82, 2.24) is 0 Å². The Morgan fingerprint density at radius 3 is 2.67 bits per heavy atom. The average Bonchev–Trinajstić information content (AvgIpc) is 2.71. The van der Waals surface area contributed by atoms with Gasteiger partial charge in [-0.1, -0.05) is 24.3 Å². The van der Waals surface area contributed by atoms with Crippen molar-refractivity contribution in [2.24, 2.45) is 0 Å². The van der Waals surface area contributed by atoms with Gasteiger partial charge in [0.05, 0.1) is 24.8 Å². The Balaban J connectivity index is 1.54. The van der Waals surface area contributed by atoms with E-state index in [-0.39, 0.29) is 37.9 Å². The number of anilines is 1. The van der Waals surface area contributed by atoms with E-state index < -0.39 is 5.97 Å². The summed E-state index contributed by atoms with van der Waals surface area (Å²) in [6, 6.07) is 13.8. The predicted octanol–water partition coefficient (Wildman–Crippen LogP) is 2.24. The molecule has 7 heteroatoms. The molecule has 27 heavy (non-hydrogen) atoms. The molecule has 0 aromatic heterocycles. The Bertz CT molecular complexity index is 863. The summed E-state index contributed by atoms with van der Waals surface area (Å²) in [5.74, 6) is -0.124. The molecule has 0 spiro atoms. The smallest absolute Gasteiger partial charge is 0.308 e. The van der Waals surface area contributed by atoms with Gasteiger partial charge >= 0.3 is 5.97 Å². The summed E-state index contributed by atoms with van der Waals surface area (Å²) in [5.41, 5.74) is 0.969. The van der Waals surface area contributed by atoms with Crippen LogP contribution in [0.5, 0.6) is 11.5 Å². The van der Waals surface area contributed by atoms with Gasteiger partial charge in [0.2, 0.25) is 5.78 Å². The first-order valence-electron chi connectivity index (χ1n) is 8.44. The van der Waals surface area contributed by atoms with Crippen LogP contribution in [-0.4, -0.2) is 44.5 Å². The zero-order valence-corrected chi connectivity index (χ0v) is 14.8. The Labute approximate surface area is 156 Å². The number of ketones is 1. The number of hydrogen-bond donors (Lipinski definition) is 0. The lowest BCUT2D eigenvalue weighted by Gasteiger charge is -2.28. The van der Waals surface area contributed by atoms with Gasteiger partial charge in [-0.05, 0) is 24.3 Å². The molecule has 0 N–H and O–H groups in total. The number of carbonyl (C=O) groups excluding carboxylic acids is 3. The zero-order valence-electron chi connectivity index (χ0n) is 14.8. The van der Waals surface area contributed by atoms with Crippen molar-refractivity contribution in [3.8, 4) is 11.5 Å². The van der Waals surface area contributed by atoms with Crippen LogP contribution in [0.4, 0.5) is 5.69 Å². The van der Waals surface area contributed by atoms with Crippen molar-refractivity contribution in [3.05, 3.63) is 54.1 Å². The molecule has 7 nitrogen and oxygen atoms in total. The summed E-state index contributed by atoms with van der Waals surface area (Å²) in [5, 5.41) is 0. The molecule has 1 aliphatic heterocycles. The van der Waals surface area contributed by atoms with Gasteiger partial charge in [-0.2, -0.15) is 0 Å². The number of fused-ring (bicyclic) bond motifs is 1. The van der Waals surface area contributed by atoms with Gasteiger partial charge in [0, 0.05) is 6.54 Å². The molecule has 3 rings (SSSR count). The molecule has 0 unspecified atom stereocenters. The van der Waals surface area contributed by atoms with Crippen LogP contribution in [0, 0.1) is 0 Å². The van der Waals surface area contributed by atoms with Crippen molar-refractivity contribution in [2.45, 2.75) is 6.42 Å². The van der Waals surface area contributed by atoms with Crippen LogP contribution in [-0.2, 0) is 14.3 Å². The minimum absolute atomic E-state index is 0.0285. The molecule has 1 amide bonds. The van der Waals surface area contributed by atoms with E-state index in [2.05, 4.69) is 0 Å². The molecule has 0 radical (unpaired) electrons. The molecule has 0 bridgehead atoms. The van der Waals surface area contributed by atoms with Crippen LogP contribution in [0.25, 0.3) is 0 Å².